The van der Waals surface area contributed by atoms with Gasteiger partial charge in [0, 0.05) is 34.6 Å². The lowest BCUT2D eigenvalue weighted by atomic mass is 9.78. The number of rotatable bonds is 5. The maximum absolute atomic E-state index is 5.43. The monoisotopic (exact) mass is 799 g/mol. The van der Waals surface area contributed by atoms with Crippen LogP contribution in [-0.4, -0.2) is 19.9 Å². The summed E-state index contributed by atoms with van der Waals surface area (Å²) >= 11 is 0. The molecule has 0 bridgehead atoms. The van der Waals surface area contributed by atoms with Gasteiger partial charge in [-0.2, -0.15) is 0 Å². The Hall–Kier alpha value is -4.96. The third kappa shape index (κ3) is 10.1. The van der Waals surface area contributed by atoms with Gasteiger partial charge < -0.3 is 0 Å². The standard InChI is InChI=1S/C56H70N4/c1-51(2,3)42-25-38(26-43(31-42)52(4,5)6)37-22-36(35-20-19-21-57-34-35)23-39(24-37)48-58-49(40-27-44(53(7,8)9)32-45(28-40)54(10,11)12)60-50(59-48)41-29-46(55(13,14)15)33-47(30-41)56(16,17)18/h19-34H,1-18H3. The highest BCUT2D eigenvalue weighted by molar-refractivity contribution is 5.81. The first-order chi connectivity index (χ1) is 27.5. The summed E-state index contributed by atoms with van der Waals surface area (Å²) in [6.45, 7) is 41.1. The van der Waals surface area contributed by atoms with E-state index in [2.05, 4.69) is 208 Å². The van der Waals surface area contributed by atoms with Crippen molar-refractivity contribution in [2.45, 2.75) is 157 Å². The maximum Gasteiger partial charge on any atom is 0.164 e. The van der Waals surface area contributed by atoms with Crippen molar-refractivity contribution in [2.75, 3.05) is 0 Å². The van der Waals surface area contributed by atoms with Gasteiger partial charge in [-0.25, -0.2) is 15.0 Å². The third-order valence-corrected chi connectivity index (χ3v) is 11.7. The van der Waals surface area contributed by atoms with Crippen LogP contribution in [0, 0.1) is 0 Å². The lowest BCUT2D eigenvalue weighted by Crippen LogP contribution is -2.17. The smallest absolute Gasteiger partial charge is 0.164 e. The molecular weight excluding hydrogens is 729 g/mol. The molecule has 6 aromatic rings. The molecule has 0 spiro atoms. The van der Waals surface area contributed by atoms with Crippen molar-refractivity contribution < 1.29 is 0 Å². The van der Waals surface area contributed by atoms with Gasteiger partial charge in [0.2, 0.25) is 0 Å². The lowest BCUT2D eigenvalue weighted by Gasteiger charge is -2.27. The van der Waals surface area contributed by atoms with Gasteiger partial charge in [-0.1, -0.05) is 161 Å². The van der Waals surface area contributed by atoms with E-state index in [1.807, 2.05) is 18.5 Å². The minimum Gasteiger partial charge on any atom is -0.264 e. The molecule has 0 aliphatic heterocycles. The number of benzene rings is 4. The summed E-state index contributed by atoms with van der Waals surface area (Å²) in [4.78, 5) is 20.8. The SMILES string of the molecule is CC(C)(C)c1cc(-c2cc(-c3cccnc3)cc(-c3nc(-c4cc(C(C)(C)C)cc(C(C)(C)C)c4)nc(-c4cc(C(C)(C)C)cc(C(C)(C)C)c4)n3)c2)cc(C(C)(C)C)c1. The molecule has 4 nitrogen and oxygen atoms in total. The second-order valence-electron chi connectivity index (χ2n) is 23.2. The molecule has 0 saturated heterocycles. The van der Waals surface area contributed by atoms with Crippen molar-refractivity contribution in [3.8, 4) is 56.4 Å². The van der Waals surface area contributed by atoms with Crippen LogP contribution in [0.3, 0.4) is 0 Å². The second kappa shape index (κ2) is 15.5. The van der Waals surface area contributed by atoms with Crippen molar-refractivity contribution in [1.82, 2.24) is 19.9 Å². The summed E-state index contributed by atoms with van der Waals surface area (Å²) in [7, 11) is 0. The molecule has 6 rings (SSSR count). The first-order valence-electron chi connectivity index (χ1n) is 21.8. The molecule has 0 radical (unpaired) electrons. The van der Waals surface area contributed by atoms with Gasteiger partial charge in [-0.3, -0.25) is 4.98 Å². The van der Waals surface area contributed by atoms with Crippen molar-refractivity contribution in [3.63, 3.8) is 0 Å². The van der Waals surface area contributed by atoms with Crippen LogP contribution in [0.5, 0.6) is 0 Å². The Morgan fingerprint density at radius 1 is 0.283 bits per heavy atom. The van der Waals surface area contributed by atoms with Crippen LogP contribution in [-0.2, 0) is 32.5 Å². The van der Waals surface area contributed by atoms with Crippen LogP contribution < -0.4 is 0 Å². The molecule has 0 aliphatic carbocycles. The van der Waals surface area contributed by atoms with E-state index in [4.69, 9.17) is 15.0 Å². The molecule has 2 heterocycles. The van der Waals surface area contributed by atoms with Gasteiger partial charge >= 0.3 is 0 Å². The van der Waals surface area contributed by atoms with Crippen molar-refractivity contribution in [2.24, 2.45) is 0 Å². The van der Waals surface area contributed by atoms with Crippen LogP contribution in [0.2, 0.25) is 0 Å². The summed E-state index contributed by atoms with van der Waals surface area (Å²) in [5.74, 6) is 1.98. The second-order valence-corrected chi connectivity index (χ2v) is 23.2. The summed E-state index contributed by atoms with van der Waals surface area (Å²) in [6.07, 6.45) is 3.77. The van der Waals surface area contributed by atoms with Crippen LogP contribution in [0.4, 0.5) is 0 Å². The molecule has 0 aliphatic rings. The summed E-state index contributed by atoms with van der Waals surface area (Å²) < 4.78 is 0. The molecule has 0 fully saturated rings. The van der Waals surface area contributed by atoms with E-state index >= 15 is 0 Å². The Balaban J connectivity index is 1.73. The van der Waals surface area contributed by atoms with E-state index in [-0.39, 0.29) is 32.5 Å². The molecular formula is C56H70N4. The predicted octanol–water partition coefficient (Wildman–Crippen LogP) is 15.4. The summed E-state index contributed by atoms with van der Waals surface area (Å²) in [5, 5.41) is 0. The highest BCUT2D eigenvalue weighted by atomic mass is 15.0. The summed E-state index contributed by atoms with van der Waals surface area (Å²) in [6, 6.07) is 31.9. The van der Waals surface area contributed by atoms with Gasteiger partial charge in [-0.15, -0.1) is 0 Å². The average Bonchev–Trinajstić information content (AvgIpc) is 3.15. The van der Waals surface area contributed by atoms with Gasteiger partial charge in [0.05, 0.1) is 0 Å². The van der Waals surface area contributed by atoms with Gasteiger partial charge in [0.15, 0.2) is 17.5 Å². The molecule has 2 aromatic heterocycles. The van der Waals surface area contributed by atoms with Gasteiger partial charge in [0.25, 0.3) is 0 Å². The zero-order valence-electron chi connectivity index (χ0n) is 40.0. The minimum atomic E-state index is -0.0716. The number of nitrogens with zero attached hydrogens (tertiary/aromatic N) is 4. The van der Waals surface area contributed by atoms with Gasteiger partial charge in [-0.05, 0) is 131 Å². The lowest BCUT2D eigenvalue weighted by molar-refractivity contribution is 0.568. The molecule has 4 aromatic carbocycles. The molecule has 0 amide bonds. The molecule has 0 atom stereocenters. The minimum absolute atomic E-state index is 0.0290. The Labute approximate surface area is 362 Å². The van der Waals surface area contributed by atoms with E-state index in [9.17, 15) is 0 Å². The number of hydrogen-bond donors (Lipinski definition) is 0. The fourth-order valence-electron chi connectivity index (χ4n) is 7.29. The fraction of sp³-hybridized carbons (Fsp3) is 0.429. The molecule has 4 heteroatoms. The van der Waals surface area contributed by atoms with Crippen LogP contribution in [0.25, 0.3) is 56.4 Å². The van der Waals surface area contributed by atoms with Crippen LogP contribution in [0.1, 0.15) is 158 Å². The Kier molecular flexibility index (Phi) is 11.5. The molecule has 0 N–H and O–H groups in total. The predicted molar refractivity (Wildman–Crippen MR) is 257 cm³/mol. The highest BCUT2D eigenvalue weighted by Gasteiger charge is 2.26. The van der Waals surface area contributed by atoms with E-state index < -0.39 is 0 Å². The first kappa shape index (κ1) is 44.6. The van der Waals surface area contributed by atoms with Gasteiger partial charge in [0.1, 0.15) is 0 Å². The Bertz CT molecular complexity index is 2330. The van der Waals surface area contributed by atoms with E-state index in [0.29, 0.717) is 17.5 Å². The zero-order valence-corrected chi connectivity index (χ0v) is 40.0. The molecule has 314 valence electrons. The van der Waals surface area contributed by atoms with Crippen LogP contribution >= 0.6 is 0 Å². The zero-order chi connectivity index (χ0) is 44.4. The van der Waals surface area contributed by atoms with E-state index in [1.54, 1.807) is 0 Å². The molecule has 0 unspecified atom stereocenters. The number of pyridine rings is 1. The first-order valence-corrected chi connectivity index (χ1v) is 21.8. The molecule has 0 saturated carbocycles. The summed E-state index contributed by atoms with van der Waals surface area (Å²) in [5.41, 5.74) is 14.6. The Morgan fingerprint density at radius 2 is 0.533 bits per heavy atom. The quantitative estimate of drug-likeness (QED) is 0.174. The van der Waals surface area contributed by atoms with E-state index in [0.717, 1.165) is 33.4 Å². The Morgan fingerprint density at radius 3 is 0.817 bits per heavy atom. The van der Waals surface area contributed by atoms with Crippen molar-refractivity contribution >= 4 is 0 Å². The third-order valence-electron chi connectivity index (χ3n) is 11.7. The largest absolute Gasteiger partial charge is 0.264 e. The van der Waals surface area contributed by atoms with Crippen LogP contribution in [0.15, 0.2) is 97.3 Å². The molecule has 60 heavy (non-hydrogen) atoms. The number of hydrogen-bond acceptors (Lipinski definition) is 4. The van der Waals surface area contributed by atoms with Crippen molar-refractivity contribution in [1.29, 1.82) is 0 Å². The average molecular weight is 799 g/mol. The number of aromatic nitrogens is 4. The maximum atomic E-state index is 5.43. The highest BCUT2D eigenvalue weighted by Crippen LogP contribution is 2.40. The fourth-order valence-corrected chi connectivity index (χ4v) is 7.29. The normalized spacial score (nSPS) is 13.2. The topological polar surface area (TPSA) is 51.6 Å². The van der Waals surface area contributed by atoms with E-state index in [1.165, 1.54) is 38.9 Å². The van der Waals surface area contributed by atoms with Crippen molar-refractivity contribution in [3.05, 3.63) is 131 Å².